The average molecular weight is 341 g/mol. The second-order valence-corrected chi connectivity index (χ2v) is 5.95. The predicted molar refractivity (Wildman–Crippen MR) is 79.1 cm³/mol. The summed E-state index contributed by atoms with van der Waals surface area (Å²) in [7, 11) is 0. The quantitative estimate of drug-likeness (QED) is 0.866. The van der Waals surface area contributed by atoms with Crippen molar-refractivity contribution in [3.05, 3.63) is 40.1 Å². The molecule has 0 spiro atoms. The number of benzene rings is 1. The largest absolute Gasteiger partial charge is 0.481 e. The number of nitrogens with zero attached hydrogens (tertiary/aromatic N) is 2. The molecule has 1 heterocycles. The topological polar surface area (TPSA) is 55.1 Å². The zero-order valence-electron chi connectivity index (χ0n) is 10.6. The normalized spacial score (nSPS) is 10.7. The van der Waals surface area contributed by atoms with Crippen molar-refractivity contribution in [1.29, 1.82) is 0 Å². The van der Waals surface area contributed by atoms with E-state index in [0.29, 0.717) is 5.16 Å². The summed E-state index contributed by atoms with van der Waals surface area (Å²) in [5.41, 5.74) is 2.97. The molecule has 0 aliphatic rings. The Bertz CT molecular complexity index is 625. The van der Waals surface area contributed by atoms with Gasteiger partial charge in [0.15, 0.2) is 5.16 Å². The first-order chi connectivity index (χ1) is 8.97. The van der Waals surface area contributed by atoms with Gasteiger partial charge in [0.2, 0.25) is 0 Å². The maximum atomic E-state index is 10.7. The van der Waals surface area contributed by atoms with Crippen LogP contribution in [0.15, 0.2) is 34.0 Å². The summed E-state index contributed by atoms with van der Waals surface area (Å²) in [6.45, 7) is 3.91. The lowest BCUT2D eigenvalue weighted by Gasteiger charge is -2.08. The molecule has 2 rings (SSSR count). The van der Waals surface area contributed by atoms with E-state index in [4.69, 9.17) is 5.11 Å². The third-order valence-corrected chi connectivity index (χ3v) is 4.37. The van der Waals surface area contributed by atoms with Crippen LogP contribution in [-0.2, 0) is 4.79 Å². The molecule has 0 bridgehead atoms. The molecule has 0 saturated carbocycles. The van der Waals surface area contributed by atoms with Gasteiger partial charge >= 0.3 is 5.97 Å². The summed E-state index contributed by atoms with van der Waals surface area (Å²) < 4.78 is 2.97. The van der Waals surface area contributed by atoms with Crippen LogP contribution in [0.5, 0.6) is 0 Å². The highest BCUT2D eigenvalue weighted by molar-refractivity contribution is 9.10. The predicted octanol–water partition coefficient (Wildman–Crippen LogP) is 3.43. The van der Waals surface area contributed by atoms with Crippen LogP contribution in [0.2, 0.25) is 0 Å². The molecular formula is C13H13BrN2O2S. The van der Waals surface area contributed by atoms with E-state index in [1.54, 1.807) is 0 Å². The van der Waals surface area contributed by atoms with Crippen molar-refractivity contribution in [1.82, 2.24) is 9.55 Å². The van der Waals surface area contributed by atoms with Gasteiger partial charge in [0, 0.05) is 16.4 Å². The van der Waals surface area contributed by atoms with E-state index < -0.39 is 5.97 Å². The molecule has 0 aliphatic carbocycles. The fourth-order valence-corrected chi connectivity index (χ4v) is 2.67. The summed E-state index contributed by atoms with van der Waals surface area (Å²) in [6, 6.07) is 5.99. The second-order valence-electron chi connectivity index (χ2n) is 4.15. The maximum Gasteiger partial charge on any atom is 0.313 e. The Balaban J connectivity index is 2.37. The molecule has 0 atom stereocenters. The second kappa shape index (κ2) is 5.79. The number of carboxylic acid groups (broad SMARTS) is 1. The van der Waals surface area contributed by atoms with Crippen LogP contribution < -0.4 is 0 Å². The van der Waals surface area contributed by atoms with E-state index in [2.05, 4.69) is 20.9 Å². The van der Waals surface area contributed by atoms with Crippen molar-refractivity contribution in [3.8, 4) is 5.69 Å². The number of hydrogen-bond acceptors (Lipinski definition) is 3. The van der Waals surface area contributed by atoms with Crippen molar-refractivity contribution in [2.45, 2.75) is 19.0 Å². The molecule has 1 aromatic heterocycles. The third kappa shape index (κ3) is 3.39. The molecule has 100 valence electrons. The number of carbonyl (C=O) groups is 1. The maximum absolute atomic E-state index is 10.7. The Kier molecular flexibility index (Phi) is 4.31. The Morgan fingerprint density at radius 1 is 1.47 bits per heavy atom. The molecule has 2 aromatic rings. The van der Waals surface area contributed by atoms with Crippen LogP contribution in [0, 0.1) is 13.8 Å². The van der Waals surface area contributed by atoms with Crippen molar-refractivity contribution in [3.63, 3.8) is 0 Å². The van der Waals surface area contributed by atoms with Crippen molar-refractivity contribution >= 4 is 33.7 Å². The van der Waals surface area contributed by atoms with E-state index >= 15 is 0 Å². The molecular weight excluding hydrogens is 328 g/mol. The number of imidazole rings is 1. The minimum atomic E-state index is -0.843. The van der Waals surface area contributed by atoms with Crippen LogP contribution in [0.25, 0.3) is 5.69 Å². The Labute approximate surface area is 124 Å². The van der Waals surface area contributed by atoms with Gasteiger partial charge in [0.1, 0.15) is 0 Å². The molecule has 0 saturated heterocycles. The van der Waals surface area contributed by atoms with E-state index in [1.807, 2.05) is 42.8 Å². The van der Waals surface area contributed by atoms with Gasteiger partial charge in [-0.25, -0.2) is 4.98 Å². The first-order valence-corrected chi connectivity index (χ1v) is 7.42. The number of rotatable bonds is 4. The summed E-state index contributed by atoms with van der Waals surface area (Å²) in [5, 5.41) is 9.46. The van der Waals surface area contributed by atoms with Gasteiger partial charge in [-0.15, -0.1) is 0 Å². The fourth-order valence-electron chi connectivity index (χ4n) is 1.67. The number of hydrogen-bond donors (Lipinski definition) is 1. The zero-order chi connectivity index (χ0) is 14.0. The molecule has 0 unspecified atom stereocenters. The molecule has 0 aliphatic heterocycles. The number of aromatic nitrogens is 2. The molecule has 19 heavy (non-hydrogen) atoms. The first-order valence-electron chi connectivity index (χ1n) is 5.64. The van der Waals surface area contributed by atoms with Crippen molar-refractivity contribution < 1.29 is 9.90 Å². The molecule has 6 heteroatoms. The van der Waals surface area contributed by atoms with Crippen molar-refractivity contribution in [2.24, 2.45) is 0 Å². The Morgan fingerprint density at radius 3 is 2.84 bits per heavy atom. The molecule has 0 radical (unpaired) electrons. The highest BCUT2D eigenvalue weighted by atomic mass is 79.9. The minimum absolute atomic E-state index is 0.00592. The molecule has 1 aromatic carbocycles. The van der Waals surface area contributed by atoms with Gasteiger partial charge in [-0.1, -0.05) is 27.7 Å². The number of carboxylic acids is 1. The number of thioether (sulfide) groups is 1. The SMILES string of the molecule is Cc1cn(-c2ccc(Br)c(C)c2)c(SCC(=O)O)n1. The average Bonchev–Trinajstić information content (AvgIpc) is 2.71. The lowest BCUT2D eigenvalue weighted by atomic mass is 10.2. The highest BCUT2D eigenvalue weighted by Crippen LogP contribution is 2.25. The Hall–Kier alpha value is -1.27. The van der Waals surface area contributed by atoms with Crippen LogP contribution in [0.4, 0.5) is 0 Å². The van der Waals surface area contributed by atoms with Gasteiger partial charge < -0.3 is 5.11 Å². The van der Waals surface area contributed by atoms with E-state index in [1.165, 1.54) is 11.8 Å². The standard InChI is InChI=1S/C13H13BrN2O2S/c1-8-5-10(3-4-11(8)14)16-6-9(2)15-13(16)19-7-12(17)18/h3-6H,7H2,1-2H3,(H,17,18). The summed E-state index contributed by atoms with van der Waals surface area (Å²) in [6.07, 6.45) is 1.91. The fraction of sp³-hybridized carbons (Fsp3) is 0.231. The number of halogens is 1. The minimum Gasteiger partial charge on any atom is -0.481 e. The number of aliphatic carboxylic acids is 1. The van der Waals surface area contributed by atoms with Crippen LogP contribution >= 0.6 is 27.7 Å². The zero-order valence-corrected chi connectivity index (χ0v) is 13.0. The summed E-state index contributed by atoms with van der Waals surface area (Å²) >= 11 is 4.69. The smallest absolute Gasteiger partial charge is 0.313 e. The lowest BCUT2D eigenvalue weighted by molar-refractivity contribution is -0.133. The van der Waals surface area contributed by atoms with Gasteiger partial charge in [-0.2, -0.15) is 0 Å². The number of aryl methyl sites for hydroxylation is 2. The van der Waals surface area contributed by atoms with E-state index in [-0.39, 0.29) is 5.75 Å². The van der Waals surface area contributed by atoms with Gasteiger partial charge in [0.25, 0.3) is 0 Å². The highest BCUT2D eigenvalue weighted by Gasteiger charge is 2.10. The molecule has 0 amide bonds. The lowest BCUT2D eigenvalue weighted by Crippen LogP contribution is -2.01. The summed E-state index contributed by atoms with van der Waals surface area (Å²) in [5.74, 6) is -0.837. The molecule has 0 fully saturated rings. The molecule has 1 N–H and O–H groups in total. The van der Waals surface area contributed by atoms with Crippen LogP contribution in [0.1, 0.15) is 11.3 Å². The van der Waals surface area contributed by atoms with Gasteiger partial charge in [0.05, 0.1) is 11.4 Å². The van der Waals surface area contributed by atoms with Crippen LogP contribution in [0.3, 0.4) is 0 Å². The third-order valence-electron chi connectivity index (χ3n) is 2.54. The van der Waals surface area contributed by atoms with Gasteiger partial charge in [-0.3, -0.25) is 9.36 Å². The van der Waals surface area contributed by atoms with Crippen molar-refractivity contribution in [2.75, 3.05) is 5.75 Å². The monoisotopic (exact) mass is 340 g/mol. The van der Waals surface area contributed by atoms with E-state index in [9.17, 15) is 4.79 Å². The Morgan fingerprint density at radius 2 is 2.21 bits per heavy atom. The first kappa shape index (κ1) is 14.1. The molecule has 4 nitrogen and oxygen atoms in total. The summed E-state index contributed by atoms with van der Waals surface area (Å²) in [4.78, 5) is 15.0. The van der Waals surface area contributed by atoms with E-state index in [0.717, 1.165) is 21.4 Å². The van der Waals surface area contributed by atoms with Crippen LogP contribution in [-0.4, -0.2) is 26.4 Å². The van der Waals surface area contributed by atoms with Gasteiger partial charge in [-0.05, 0) is 37.6 Å².